The molecule has 6 nitrogen and oxygen atoms in total. The molecule has 0 bridgehead atoms. The first-order valence-electron chi connectivity index (χ1n) is 6.69. The van der Waals surface area contributed by atoms with Crippen molar-refractivity contribution in [2.24, 2.45) is 5.92 Å². The second-order valence-electron chi connectivity index (χ2n) is 5.10. The van der Waals surface area contributed by atoms with Crippen molar-refractivity contribution in [3.8, 4) is 11.5 Å². The van der Waals surface area contributed by atoms with Gasteiger partial charge < -0.3 is 19.9 Å². The SMILES string of the molecule is COc1cc(C(=O)N[C@H](C)C(=O)O)ccc1OCC(C)C. The molecular formula is C15H21NO5. The Morgan fingerprint density at radius 1 is 1.24 bits per heavy atom. The highest BCUT2D eigenvalue weighted by Crippen LogP contribution is 2.28. The zero-order valence-electron chi connectivity index (χ0n) is 12.7. The number of hydrogen-bond donors (Lipinski definition) is 2. The number of carbonyl (C=O) groups is 2. The molecule has 0 saturated heterocycles. The second-order valence-corrected chi connectivity index (χ2v) is 5.10. The smallest absolute Gasteiger partial charge is 0.325 e. The lowest BCUT2D eigenvalue weighted by Crippen LogP contribution is -2.38. The molecule has 0 saturated carbocycles. The molecule has 1 atom stereocenters. The zero-order chi connectivity index (χ0) is 16.0. The summed E-state index contributed by atoms with van der Waals surface area (Å²) in [6.07, 6.45) is 0. The van der Waals surface area contributed by atoms with Gasteiger partial charge in [-0.15, -0.1) is 0 Å². The summed E-state index contributed by atoms with van der Waals surface area (Å²) >= 11 is 0. The Morgan fingerprint density at radius 2 is 1.90 bits per heavy atom. The van der Waals surface area contributed by atoms with Crippen LogP contribution in [0, 0.1) is 5.92 Å². The average molecular weight is 295 g/mol. The third-order valence-corrected chi connectivity index (χ3v) is 2.72. The van der Waals surface area contributed by atoms with Crippen molar-refractivity contribution in [3.05, 3.63) is 23.8 Å². The number of hydrogen-bond acceptors (Lipinski definition) is 4. The summed E-state index contributed by atoms with van der Waals surface area (Å²) in [4.78, 5) is 22.7. The van der Waals surface area contributed by atoms with Crippen molar-refractivity contribution >= 4 is 11.9 Å². The van der Waals surface area contributed by atoms with Crippen molar-refractivity contribution < 1.29 is 24.2 Å². The number of carboxylic acids is 1. The van der Waals surface area contributed by atoms with E-state index in [2.05, 4.69) is 5.32 Å². The Bertz CT molecular complexity index is 513. The molecule has 1 rings (SSSR count). The number of carboxylic acid groups (broad SMARTS) is 1. The van der Waals surface area contributed by atoms with Crippen LogP contribution >= 0.6 is 0 Å². The fourth-order valence-corrected chi connectivity index (χ4v) is 1.53. The van der Waals surface area contributed by atoms with Gasteiger partial charge >= 0.3 is 5.97 Å². The summed E-state index contributed by atoms with van der Waals surface area (Å²) in [5, 5.41) is 11.2. The van der Waals surface area contributed by atoms with Gasteiger partial charge in [-0.05, 0) is 31.0 Å². The van der Waals surface area contributed by atoms with E-state index in [4.69, 9.17) is 14.6 Å². The monoisotopic (exact) mass is 295 g/mol. The van der Waals surface area contributed by atoms with Crippen LogP contribution in [0.25, 0.3) is 0 Å². The fraction of sp³-hybridized carbons (Fsp3) is 0.467. The molecule has 1 aromatic carbocycles. The van der Waals surface area contributed by atoms with E-state index in [9.17, 15) is 9.59 Å². The summed E-state index contributed by atoms with van der Waals surface area (Å²) in [7, 11) is 1.49. The normalized spacial score (nSPS) is 11.9. The molecule has 0 aliphatic rings. The molecule has 1 amide bonds. The Balaban J connectivity index is 2.86. The Hall–Kier alpha value is -2.24. The molecular weight excluding hydrogens is 274 g/mol. The van der Waals surface area contributed by atoms with Gasteiger partial charge in [0.25, 0.3) is 5.91 Å². The lowest BCUT2D eigenvalue weighted by Gasteiger charge is -2.14. The minimum atomic E-state index is -1.09. The molecule has 0 aliphatic carbocycles. The zero-order valence-corrected chi connectivity index (χ0v) is 12.7. The van der Waals surface area contributed by atoms with E-state index in [-0.39, 0.29) is 0 Å². The highest BCUT2D eigenvalue weighted by molar-refractivity contribution is 5.97. The first kappa shape index (κ1) is 16.8. The molecule has 0 radical (unpaired) electrons. The number of nitrogens with one attached hydrogen (secondary N) is 1. The van der Waals surface area contributed by atoms with Crippen LogP contribution in [0.2, 0.25) is 0 Å². The Kier molecular flexibility index (Phi) is 6.02. The maximum absolute atomic E-state index is 11.9. The van der Waals surface area contributed by atoms with Crippen LogP contribution in [-0.4, -0.2) is 36.7 Å². The van der Waals surface area contributed by atoms with Crippen LogP contribution in [0.1, 0.15) is 31.1 Å². The molecule has 0 unspecified atom stereocenters. The highest BCUT2D eigenvalue weighted by Gasteiger charge is 2.17. The quantitative estimate of drug-likeness (QED) is 0.803. The number of ether oxygens (including phenoxy) is 2. The molecule has 6 heteroatoms. The van der Waals surface area contributed by atoms with Gasteiger partial charge in [-0.3, -0.25) is 9.59 Å². The van der Waals surface area contributed by atoms with E-state index < -0.39 is 17.9 Å². The van der Waals surface area contributed by atoms with Crippen molar-refractivity contribution in [2.75, 3.05) is 13.7 Å². The van der Waals surface area contributed by atoms with Gasteiger partial charge in [0.15, 0.2) is 11.5 Å². The number of methoxy groups -OCH3 is 1. The highest BCUT2D eigenvalue weighted by atomic mass is 16.5. The van der Waals surface area contributed by atoms with Gasteiger partial charge in [-0.1, -0.05) is 13.8 Å². The van der Waals surface area contributed by atoms with Crippen LogP contribution in [0.5, 0.6) is 11.5 Å². The fourth-order valence-electron chi connectivity index (χ4n) is 1.53. The van der Waals surface area contributed by atoms with Crippen molar-refractivity contribution in [1.29, 1.82) is 0 Å². The number of benzene rings is 1. The second kappa shape index (κ2) is 7.52. The number of rotatable bonds is 7. The first-order valence-corrected chi connectivity index (χ1v) is 6.69. The topological polar surface area (TPSA) is 84.9 Å². The molecule has 21 heavy (non-hydrogen) atoms. The Morgan fingerprint density at radius 3 is 2.43 bits per heavy atom. The number of amides is 1. The summed E-state index contributed by atoms with van der Waals surface area (Å²) in [6, 6.07) is 3.78. The predicted molar refractivity (Wildman–Crippen MR) is 77.9 cm³/mol. The van der Waals surface area contributed by atoms with Gasteiger partial charge in [0.05, 0.1) is 13.7 Å². The first-order chi connectivity index (χ1) is 9.85. The van der Waals surface area contributed by atoms with E-state index >= 15 is 0 Å². The molecule has 0 spiro atoms. The van der Waals surface area contributed by atoms with Gasteiger partial charge in [0.1, 0.15) is 6.04 Å². The third-order valence-electron chi connectivity index (χ3n) is 2.72. The van der Waals surface area contributed by atoms with Crippen molar-refractivity contribution in [3.63, 3.8) is 0 Å². The molecule has 0 heterocycles. The molecule has 2 N–H and O–H groups in total. The molecule has 0 fully saturated rings. The van der Waals surface area contributed by atoms with Crippen molar-refractivity contribution in [1.82, 2.24) is 5.32 Å². The summed E-state index contributed by atoms with van der Waals surface area (Å²) in [6.45, 7) is 6.00. The third kappa shape index (κ3) is 4.98. The average Bonchev–Trinajstić information content (AvgIpc) is 2.44. The minimum absolute atomic E-state index is 0.317. The van der Waals surface area contributed by atoms with Crippen molar-refractivity contribution in [2.45, 2.75) is 26.8 Å². The van der Waals surface area contributed by atoms with Gasteiger partial charge in [0.2, 0.25) is 0 Å². The van der Waals surface area contributed by atoms with Crippen LogP contribution in [0.4, 0.5) is 0 Å². The van der Waals surface area contributed by atoms with Gasteiger partial charge in [0, 0.05) is 5.56 Å². The maximum Gasteiger partial charge on any atom is 0.325 e. The van der Waals surface area contributed by atoms with Crippen LogP contribution in [-0.2, 0) is 4.79 Å². The number of aliphatic carboxylic acids is 1. The van der Waals surface area contributed by atoms with Crippen LogP contribution < -0.4 is 14.8 Å². The van der Waals surface area contributed by atoms with E-state index in [0.29, 0.717) is 29.6 Å². The molecule has 0 aliphatic heterocycles. The minimum Gasteiger partial charge on any atom is -0.493 e. The summed E-state index contributed by atoms with van der Waals surface area (Å²) < 4.78 is 10.8. The largest absolute Gasteiger partial charge is 0.493 e. The lowest BCUT2D eigenvalue weighted by molar-refractivity contribution is -0.138. The van der Waals surface area contributed by atoms with Gasteiger partial charge in [-0.25, -0.2) is 0 Å². The standard InChI is InChI=1S/C15H21NO5/c1-9(2)8-21-12-6-5-11(7-13(12)20-4)14(17)16-10(3)15(18)19/h5-7,9-10H,8H2,1-4H3,(H,16,17)(H,18,19)/t10-/m1/s1. The molecule has 0 aromatic heterocycles. The lowest BCUT2D eigenvalue weighted by atomic mass is 10.1. The maximum atomic E-state index is 11.9. The summed E-state index contributed by atoms with van der Waals surface area (Å²) in [5.74, 6) is -0.208. The van der Waals surface area contributed by atoms with E-state index in [1.165, 1.54) is 20.1 Å². The van der Waals surface area contributed by atoms with E-state index in [1.54, 1.807) is 12.1 Å². The van der Waals surface area contributed by atoms with E-state index in [0.717, 1.165) is 0 Å². The Labute approximate surface area is 124 Å². The molecule has 116 valence electrons. The summed E-state index contributed by atoms with van der Waals surface area (Å²) in [5.41, 5.74) is 0.317. The predicted octanol–water partition coefficient (Wildman–Crippen LogP) is 1.93. The van der Waals surface area contributed by atoms with E-state index in [1.807, 2.05) is 13.8 Å². The number of carbonyl (C=O) groups excluding carboxylic acids is 1. The van der Waals surface area contributed by atoms with Crippen LogP contribution in [0.15, 0.2) is 18.2 Å². The molecule has 1 aromatic rings. The van der Waals surface area contributed by atoms with Crippen LogP contribution in [0.3, 0.4) is 0 Å². The van der Waals surface area contributed by atoms with Gasteiger partial charge in [-0.2, -0.15) is 0 Å².